The van der Waals surface area contributed by atoms with E-state index in [0.29, 0.717) is 17.7 Å². The molecule has 0 spiro atoms. The Morgan fingerprint density at radius 2 is 1.63 bits per heavy atom. The lowest BCUT2D eigenvalue weighted by molar-refractivity contribution is -0.139. The minimum absolute atomic E-state index is 0.360. The van der Waals surface area contributed by atoms with E-state index in [0.717, 1.165) is 38.9 Å². The highest BCUT2D eigenvalue weighted by Gasteiger charge is 2.22. The molecule has 0 bridgehead atoms. The number of carboxylic acid groups (broad SMARTS) is 1. The van der Waals surface area contributed by atoms with E-state index in [1.54, 1.807) is 17.8 Å². The van der Waals surface area contributed by atoms with Gasteiger partial charge in [0.1, 0.15) is 6.04 Å². The molecule has 0 saturated carbocycles. The van der Waals surface area contributed by atoms with Gasteiger partial charge in [-0.3, -0.25) is 9.78 Å². The number of nitrogens with one attached hydrogen (secondary N) is 1. The van der Waals surface area contributed by atoms with E-state index in [1.807, 2.05) is 92.3 Å². The van der Waals surface area contributed by atoms with Crippen molar-refractivity contribution in [3.8, 4) is 22.3 Å². The zero-order chi connectivity index (χ0) is 26.9. The molecule has 2 N–H and O–H groups in total. The SMILES string of the molecule is CSCC[C@H](NC(=O)c1ccc(C=Cc2cncc(-c3ccccc3)c2)cc1-c1ccccc1C)C(=O)O. The van der Waals surface area contributed by atoms with Crippen LogP contribution in [0.25, 0.3) is 34.4 Å². The Kier molecular flexibility index (Phi) is 9.11. The smallest absolute Gasteiger partial charge is 0.326 e. The van der Waals surface area contributed by atoms with Crippen LogP contribution in [0.5, 0.6) is 0 Å². The highest BCUT2D eigenvalue weighted by Crippen LogP contribution is 2.29. The van der Waals surface area contributed by atoms with Crippen LogP contribution in [0.1, 0.15) is 33.5 Å². The fourth-order valence-electron chi connectivity index (χ4n) is 4.22. The number of nitrogens with zero attached hydrogens (tertiary/aromatic N) is 1. The lowest BCUT2D eigenvalue weighted by Crippen LogP contribution is -2.41. The normalized spacial score (nSPS) is 11.8. The van der Waals surface area contributed by atoms with E-state index in [9.17, 15) is 14.7 Å². The van der Waals surface area contributed by atoms with Gasteiger partial charge < -0.3 is 10.4 Å². The molecule has 6 heteroatoms. The Morgan fingerprint density at radius 1 is 0.895 bits per heavy atom. The van der Waals surface area contributed by atoms with Crippen LogP contribution < -0.4 is 5.32 Å². The topological polar surface area (TPSA) is 79.3 Å². The maximum absolute atomic E-state index is 13.3. The summed E-state index contributed by atoms with van der Waals surface area (Å²) < 4.78 is 0. The van der Waals surface area contributed by atoms with Gasteiger partial charge in [-0.1, -0.05) is 72.8 Å². The number of amides is 1. The van der Waals surface area contributed by atoms with Gasteiger partial charge in [0, 0.05) is 23.5 Å². The third-order valence-electron chi connectivity index (χ3n) is 6.27. The van der Waals surface area contributed by atoms with Gasteiger partial charge in [0.15, 0.2) is 0 Å². The molecule has 4 rings (SSSR count). The maximum atomic E-state index is 13.3. The molecule has 5 nitrogen and oxygen atoms in total. The summed E-state index contributed by atoms with van der Waals surface area (Å²) in [6.45, 7) is 2.00. The fraction of sp³-hybridized carbons (Fsp3) is 0.156. The Hall–Kier alpha value is -4.16. The summed E-state index contributed by atoms with van der Waals surface area (Å²) in [6, 6.07) is 24.7. The first-order valence-electron chi connectivity index (χ1n) is 12.4. The van der Waals surface area contributed by atoms with Crippen molar-refractivity contribution in [1.29, 1.82) is 0 Å². The molecule has 0 saturated heterocycles. The van der Waals surface area contributed by atoms with E-state index < -0.39 is 17.9 Å². The number of carbonyl (C=O) groups excluding carboxylic acids is 1. The van der Waals surface area contributed by atoms with Gasteiger partial charge in [-0.25, -0.2) is 4.79 Å². The Bertz CT molecular complexity index is 1450. The lowest BCUT2D eigenvalue weighted by atomic mass is 9.93. The van der Waals surface area contributed by atoms with Crippen LogP contribution in [0.15, 0.2) is 91.3 Å². The summed E-state index contributed by atoms with van der Waals surface area (Å²) in [5.41, 5.74) is 7.18. The number of aromatic nitrogens is 1. The van der Waals surface area contributed by atoms with E-state index in [2.05, 4.69) is 28.5 Å². The van der Waals surface area contributed by atoms with E-state index in [1.165, 1.54) is 0 Å². The molecule has 0 aliphatic carbocycles. The molecular formula is C32H30N2O3S. The lowest BCUT2D eigenvalue weighted by Gasteiger charge is -2.17. The van der Waals surface area contributed by atoms with Gasteiger partial charge in [0.05, 0.1) is 0 Å². The van der Waals surface area contributed by atoms with Crippen LogP contribution in [0, 0.1) is 6.92 Å². The zero-order valence-electron chi connectivity index (χ0n) is 21.4. The zero-order valence-corrected chi connectivity index (χ0v) is 22.2. The molecule has 1 atom stereocenters. The predicted molar refractivity (Wildman–Crippen MR) is 157 cm³/mol. The molecule has 4 aromatic rings. The number of carbonyl (C=O) groups is 2. The summed E-state index contributed by atoms with van der Waals surface area (Å²) >= 11 is 1.55. The molecule has 0 radical (unpaired) electrons. The Labute approximate surface area is 227 Å². The molecule has 0 aliphatic heterocycles. The third kappa shape index (κ3) is 6.78. The number of carboxylic acids is 1. The first-order valence-corrected chi connectivity index (χ1v) is 13.8. The number of benzene rings is 3. The Balaban J connectivity index is 1.66. The van der Waals surface area contributed by atoms with E-state index >= 15 is 0 Å². The summed E-state index contributed by atoms with van der Waals surface area (Å²) in [5, 5.41) is 12.3. The average molecular weight is 523 g/mol. The fourth-order valence-corrected chi connectivity index (χ4v) is 4.69. The van der Waals surface area contributed by atoms with Crippen LogP contribution in [0.3, 0.4) is 0 Å². The summed E-state index contributed by atoms with van der Waals surface area (Å²) in [5.74, 6) is -0.783. The molecule has 1 heterocycles. The van der Waals surface area contributed by atoms with Crippen molar-refractivity contribution in [2.45, 2.75) is 19.4 Å². The molecule has 192 valence electrons. The van der Waals surface area contributed by atoms with Crippen molar-refractivity contribution >= 4 is 35.8 Å². The van der Waals surface area contributed by atoms with Gasteiger partial charge in [-0.05, 0) is 76.9 Å². The van der Waals surface area contributed by atoms with E-state index in [-0.39, 0.29) is 0 Å². The molecule has 3 aromatic carbocycles. The van der Waals surface area contributed by atoms with Crippen LogP contribution in [-0.2, 0) is 4.79 Å². The number of thioether (sulfide) groups is 1. The molecule has 0 fully saturated rings. The van der Waals surface area contributed by atoms with Crippen molar-refractivity contribution < 1.29 is 14.7 Å². The highest BCUT2D eigenvalue weighted by molar-refractivity contribution is 7.98. The molecule has 0 unspecified atom stereocenters. The van der Waals surface area contributed by atoms with Gasteiger partial charge in [0.2, 0.25) is 0 Å². The summed E-state index contributed by atoms with van der Waals surface area (Å²) in [4.78, 5) is 29.4. The molecule has 1 amide bonds. The number of aliphatic carboxylic acids is 1. The second-order valence-electron chi connectivity index (χ2n) is 8.97. The number of hydrogen-bond donors (Lipinski definition) is 2. The van der Waals surface area contributed by atoms with Crippen molar-refractivity contribution in [3.63, 3.8) is 0 Å². The average Bonchev–Trinajstić information content (AvgIpc) is 2.94. The van der Waals surface area contributed by atoms with Crippen LogP contribution in [0.4, 0.5) is 0 Å². The van der Waals surface area contributed by atoms with Crippen LogP contribution in [0.2, 0.25) is 0 Å². The van der Waals surface area contributed by atoms with Gasteiger partial charge >= 0.3 is 5.97 Å². The van der Waals surface area contributed by atoms with Gasteiger partial charge in [-0.2, -0.15) is 11.8 Å². The minimum atomic E-state index is -1.03. The van der Waals surface area contributed by atoms with Crippen molar-refractivity contribution in [1.82, 2.24) is 10.3 Å². The van der Waals surface area contributed by atoms with Crippen molar-refractivity contribution in [2.24, 2.45) is 0 Å². The van der Waals surface area contributed by atoms with Gasteiger partial charge in [-0.15, -0.1) is 0 Å². The first-order chi connectivity index (χ1) is 18.5. The van der Waals surface area contributed by atoms with Crippen LogP contribution >= 0.6 is 11.8 Å². The second-order valence-corrected chi connectivity index (χ2v) is 9.96. The number of aryl methyl sites for hydroxylation is 1. The van der Waals surface area contributed by atoms with Crippen LogP contribution in [-0.4, -0.2) is 40.0 Å². The standard InChI is InChI=1S/C32H30N2O3S/c1-22-8-6-7-11-27(22)29-19-23(14-15-28(29)31(35)34-30(32(36)37)16-17-38-2)12-13-24-18-26(21-33-20-24)25-9-4-3-5-10-25/h3-15,18-21,30H,16-17H2,1-2H3,(H,34,35)(H,36,37)/t30-/m0/s1. The summed E-state index contributed by atoms with van der Waals surface area (Å²) in [7, 11) is 0. The molecule has 38 heavy (non-hydrogen) atoms. The summed E-state index contributed by atoms with van der Waals surface area (Å²) in [6.07, 6.45) is 9.93. The quantitative estimate of drug-likeness (QED) is 0.239. The van der Waals surface area contributed by atoms with Crippen molar-refractivity contribution in [2.75, 3.05) is 12.0 Å². The number of pyridine rings is 1. The van der Waals surface area contributed by atoms with E-state index in [4.69, 9.17) is 0 Å². The molecule has 0 aliphatic rings. The monoisotopic (exact) mass is 522 g/mol. The minimum Gasteiger partial charge on any atom is -0.480 e. The largest absolute Gasteiger partial charge is 0.480 e. The second kappa shape index (κ2) is 12.9. The maximum Gasteiger partial charge on any atom is 0.326 e. The third-order valence-corrected chi connectivity index (χ3v) is 6.92. The van der Waals surface area contributed by atoms with Crippen molar-refractivity contribution in [3.05, 3.63) is 114 Å². The predicted octanol–water partition coefficient (Wildman–Crippen LogP) is 6.83. The first kappa shape index (κ1) is 26.9. The van der Waals surface area contributed by atoms with Gasteiger partial charge in [0.25, 0.3) is 5.91 Å². The molecular weight excluding hydrogens is 492 g/mol. The number of hydrogen-bond acceptors (Lipinski definition) is 4. The Morgan fingerprint density at radius 3 is 2.37 bits per heavy atom. The highest BCUT2D eigenvalue weighted by atomic mass is 32.2. The molecule has 1 aromatic heterocycles. The number of rotatable bonds is 10.